The van der Waals surface area contributed by atoms with Crippen molar-refractivity contribution in [2.45, 2.75) is 32.5 Å². The van der Waals surface area contributed by atoms with Crippen LogP contribution in [0.25, 0.3) is 0 Å². The smallest absolute Gasteiger partial charge is 0.407 e. The summed E-state index contributed by atoms with van der Waals surface area (Å²) in [6, 6.07) is 0. The topological polar surface area (TPSA) is 61.8 Å². The molecular weight excluding hydrogens is 244 g/mol. The molecule has 1 amide bonds. The second kappa shape index (κ2) is 7.74. The van der Waals surface area contributed by atoms with Crippen molar-refractivity contribution in [3.8, 4) is 0 Å². The third-order valence-electron chi connectivity index (χ3n) is 1.86. The van der Waals surface area contributed by atoms with Gasteiger partial charge in [0.2, 0.25) is 0 Å². The predicted octanol–water partition coefficient (Wildman–Crippen LogP) is 1.04. The Morgan fingerprint density at radius 1 is 1.53 bits per heavy atom. The quantitative estimate of drug-likeness (QED) is 0.706. The molecule has 0 unspecified atom stereocenters. The van der Waals surface area contributed by atoms with Crippen molar-refractivity contribution in [2.75, 3.05) is 32.6 Å². The number of likely N-dealkylation sites (N-methyl/N-ethyl adjacent to an activating group) is 1. The summed E-state index contributed by atoms with van der Waals surface area (Å²) in [4.78, 5) is 13.2. The van der Waals surface area contributed by atoms with E-state index < -0.39 is 17.8 Å². The molecule has 2 N–H and O–H groups in total. The maximum Gasteiger partial charge on any atom is 0.407 e. The highest BCUT2D eigenvalue weighted by Crippen LogP contribution is 2.06. The number of aliphatic hydroxyl groups excluding tert-OH is 1. The maximum atomic E-state index is 11.3. The lowest BCUT2D eigenvalue weighted by Crippen LogP contribution is -2.39. The molecule has 6 heteroatoms. The lowest BCUT2D eigenvalue weighted by Gasteiger charge is -2.21. The van der Waals surface area contributed by atoms with E-state index in [0.717, 1.165) is 0 Å². The van der Waals surface area contributed by atoms with E-state index in [1.54, 1.807) is 0 Å². The molecule has 0 bridgehead atoms. The molecule has 0 aliphatic carbocycles. The van der Waals surface area contributed by atoms with Gasteiger partial charge in [0, 0.05) is 25.5 Å². The van der Waals surface area contributed by atoms with Gasteiger partial charge >= 0.3 is 6.09 Å². The largest absolute Gasteiger partial charge is 0.444 e. The van der Waals surface area contributed by atoms with E-state index in [4.69, 9.17) is 16.3 Å². The van der Waals surface area contributed by atoms with Gasteiger partial charge in [-0.05, 0) is 27.8 Å². The second-order valence-corrected chi connectivity index (χ2v) is 5.31. The Hall–Kier alpha value is -0.520. The second-order valence-electron chi connectivity index (χ2n) is 5.00. The molecular formula is C11H23ClN2O3. The fraction of sp³-hybridized carbons (Fsp3) is 0.909. The van der Waals surface area contributed by atoms with Crippen molar-refractivity contribution >= 4 is 17.7 Å². The normalized spacial score (nSPS) is 13.6. The zero-order chi connectivity index (χ0) is 13.5. The van der Waals surface area contributed by atoms with Crippen molar-refractivity contribution in [1.82, 2.24) is 10.2 Å². The van der Waals surface area contributed by atoms with Crippen LogP contribution in [0.1, 0.15) is 20.8 Å². The summed E-state index contributed by atoms with van der Waals surface area (Å²) in [5.41, 5.74) is -0.481. The number of alkyl halides is 1. The van der Waals surface area contributed by atoms with Crippen molar-refractivity contribution in [3.05, 3.63) is 0 Å². The van der Waals surface area contributed by atoms with E-state index in [1.807, 2.05) is 32.7 Å². The SMILES string of the molecule is CN(CCNC(=O)OC(C)(C)C)C[C@@H](O)CCl. The minimum absolute atomic E-state index is 0.212. The molecule has 0 aromatic carbocycles. The maximum absolute atomic E-state index is 11.3. The van der Waals surface area contributed by atoms with Crippen LogP contribution in [0.5, 0.6) is 0 Å². The van der Waals surface area contributed by atoms with Gasteiger partial charge in [0.25, 0.3) is 0 Å². The number of nitrogens with zero attached hydrogens (tertiary/aromatic N) is 1. The summed E-state index contributed by atoms with van der Waals surface area (Å²) in [7, 11) is 1.85. The number of nitrogens with one attached hydrogen (secondary N) is 1. The summed E-state index contributed by atoms with van der Waals surface area (Å²) < 4.78 is 5.08. The molecule has 0 spiro atoms. The first-order valence-corrected chi connectivity index (χ1v) is 6.17. The van der Waals surface area contributed by atoms with Crippen LogP contribution in [0.15, 0.2) is 0 Å². The summed E-state index contributed by atoms with van der Waals surface area (Å²) >= 11 is 5.49. The summed E-state index contributed by atoms with van der Waals surface area (Å²) in [5.74, 6) is 0.212. The van der Waals surface area contributed by atoms with Gasteiger partial charge in [-0.3, -0.25) is 0 Å². The summed E-state index contributed by atoms with van der Waals surface area (Å²) in [6.07, 6.45) is -0.966. The Kier molecular flexibility index (Phi) is 7.50. The van der Waals surface area contributed by atoms with Gasteiger partial charge in [0.05, 0.1) is 6.10 Å². The molecule has 0 radical (unpaired) electrons. The Labute approximate surface area is 108 Å². The van der Waals surface area contributed by atoms with Crippen LogP contribution in [0.2, 0.25) is 0 Å². The molecule has 102 valence electrons. The predicted molar refractivity (Wildman–Crippen MR) is 68.5 cm³/mol. The van der Waals surface area contributed by atoms with Crippen LogP contribution in [-0.2, 0) is 4.74 Å². The molecule has 0 aliphatic heterocycles. The average molecular weight is 267 g/mol. The summed E-state index contributed by atoms with van der Waals surface area (Å²) in [6.45, 7) is 7.04. The minimum Gasteiger partial charge on any atom is -0.444 e. The third-order valence-corrected chi connectivity index (χ3v) is 2.22. The van der Waals surface area contributed by atoms with Gasteiger partial charge in [-0.1, -0.05) is 0 Å². The van der Waals surface area contributed by atoms with Crippen LogP contribution < -0.4 is 5.32 Å². The molecule has 0 aromatic rings. The van der Waals surface area contributed by atoms with E-state index in [2.05, 4.69) is 5.32 Å². The zero-order valence-electron chi connectivity index (χ0n) is 11.0. The van der Waals surface area contributed by atoms with Crippen molar-refractivity contribution in [2.24, 2.45) is 0 Å². The van der Waals surface area contributed by atoms with Gasteiger partial charge in [0.1, 0.15) is 5.60 Å². The molecule has 0 saturated carbocycles. The lowest BCUT2D eigenvalue weighted by atomic mass is 10.2. The van der Waals surface area contributed by atoms with Gasteiger partial charge in [0.15, 0.2) is 0 Å². The van der Waals surface area contributed by atoms with E-state index in [9.17, 15) is 9.90 Å². The van der Waals surface area contributed by atoms with Gasteiger partial charge in [-0.25, -0.2) is 4.79 Å². The Bertz CT molecular complexity index is 231. The number of carbonyl (C=O) groups is 1. The molecule has 0 fully saturated rings. The van der Waals surface area contributed by atoms with E-state index >= 15 is 0 Å². The number of carbonyl (C=O) groups excluding carboxylic acids is 1. The van der Waals surface area contributed by atoms with E-state index in [0.29, 0.717) is 19.6 Å². The van der Waals surface area contributed by atoms with Gasteiger partial charge in [-0.15, -0.1) is 11.6 Å². The lowest BCUT2D eigenvalue weighted by molar-refractivity contribution is 0.0521. The van der Waals surface area contributed by atoms with E-state index in [-0.39, 0.29) is 5.88 Å². The van der Waals surface area contributed by atoms with E-state index in [1.165, 1.54) is 0 Å². The van der Waals surface area contributed by atoms with Gasteiger partial charge in [-0.2, -0.15) is 0 Å². The van der Waals surface area contributed by atoms with Crippen molar-refractivity contribution in [3.63, 3.8) is 0 Å². The van der Waals surface area contributed by atoms with Crippen LogP contribution in [0.4, 0.5) is 4.79 Å². The summed E-state index contributed by atoms with van der Waals surface area (Å²) in [5, 5.41) is 11.9. The number of ether oxygens (including phenoxy) is 1. The van der Waals surface area contributed by atoms with Crippen LogP contribution >= 0.6 is 11.6 Å². The minimum atomic E-state index is -0.539. The number of hydrogen-bond acceptors (Lipinski definition) is 4. The standard InChI is InChI=1S/C11H23ClN2O3/c1-11(2,3)17-10(16)13-5-6-14(4)8-9(15)7-12/h9,15H,5-8H2,1-4H3,(H,13,16)/t9-/m0/s1. The first kappa shape index (κ1) is 16.5. The Morgan fingerprint density at radius 3 is 2.59 bits per heavy atom. The number of amides is 1. The first-order valence-electron chi connectivity index (χ1n) is 5.64. The van der Waals surface area contributed by atoms with Crippen LogP contribution in [0.3, 0.4) is 0 Å². The van der Waals surface area contributed by atoms with Crippen LogP contribution in [0, 0.1) is 0 Å². The fourth-order valence-corrected chi connectivity index (χ4v) is 1.26. The molecule has 5 nitrogen and oxygen atoms in total. The van der Waals surface area contributed by atoms with Crippen molar-refractivity contribution < 1.29 is 14.6 Å². The highest BCUT2D eigenvalue weighted by molar-refractivity contribution is 6.18. The molecule has 0 aromatic heterocycles. The number of aliphatic hydroxyl groups is 1. The fourth-order valence-electron chi connectivity index (χ4n) is 1.16. The Balaban J connectivity index is 3.66. The van der Waals surface area contributed by atoms with Crippen LogP contribution in [-0.4, -0.2) is 60.4 Å². The highest BCUT2D eigenvalue weighted by Gasteiger charge is 2.15. The Morgan fingerprint density at radius 2 is 2.12 bits per heavy atom. The molecule has 0 aliphatic rings. The molecule has 0 heterocycles. The monoisotopic (exact) mass is 266 g/mol. The first-order chi connectivity index (χ1) is 7.74. The molecule has 17 heavy (non-hydrogen) atoms. The molecule has 0 saturated heterocycles. The molecule has 0 rings (SSSR count). The van der Waals surface area contributed by atoms with Crippen molar-refractivity contribution in [1.29, 1.82) is 0 Å². The number of alkyl carbamates (subject to hydrolysis) is 1. The average Bonchev–Trinajstić information content (AvgIpc) is 2.14. The highest BCUT2D eigenvalue weighted by atomic mass is 35.5. The number of hydrogen-bond donors (Lipinski definition) is 2. The number of halogens is 1. The molecule has 1 atom stereocenters. The van der Waals surface area contributed by atoms with Gasteiger partial charge < -0.3 is 20.1 Å². The third kappa shape index (κ3) is 10.4. The zero-order valence-corrected chi connectivity index (χ0v) is 11.8. The number of rotatable bonds is 6.